The van der Waals surface area contributed by atoms with Gasteiger partial charge in [0, 0.05) is 21.4 Å². The van der Waals surface area contributed by atoms with Gasteiger partial charge in [-0.25, -0.2) is 0 Å². The number of halogens is 2. The van der Waals surface area contributed by atoms with E-state index in [9.17, 15) is 0 Å². The van der Waals surface area contributed by atoms with Crippen LogP contribution in [0.2, 0.25) is 0 Å². The summed E-state index contributed by atoms with van der Waals surface area (Å²) in [5.41, 5.74) is 2.73. The summed E-state index contributed by atoms with van der Waals surface area (Å²) in [7, 11) is 0. The minimum Gasteiger partial charge on any atom is -0.316 e. The second kappa shape index (κ2) is 8.72. The molecule has 112 valence electrons. The van der Waals surface area contributed by atoms with Gasteiger partial charge in [0.2, 0.25) is 0 Å². The highest BCUT2D eigenvalue weighted by atomic mass is 79.9. The Balaban J connectivity index is 2.20. The van der Waals surface area contributed by atoms with E-state index in [1.54, 1.807) is 0 Å². The molecule has 1 nitrogen and oxygen atoms in total. The van der Waals surface area contributed by atoms with Crippen molar-refractivity contribution in [1.29, 1.82) is 0 Å². The Labute approximate surface area is 144 Å². The van der Waals surface area contributed by atoms with Crippen LogP contribution in [-0.4, -0.2) is 13.1 Å². The van der Waals surface area contributed by atoms with Crippen molar-refractivity contribution in [3.63, 3.8) is 0 Å². The Hall–Kier alpha value is -0.640. The molecule has 0 aliphatic heterocycles. The Bertz CT molecular complexity index is 569. The third-order valence-corrected chi connectivity index (χ3v) is 5.08. The molecule has 1 N–H and O–H groups in total. The molecule has 2 aromatic rings. The topological polar surface area (TPSA) is 12.0 Å². The fourth-order valence-corrected chi connectivity index (χ4v) is 3.54. The summed E-state index contributed by atoms with van der Waals surface area (Å²) < 4.78 is 2.39. The molecule has 2 rings (SSSR count). The van der Waals surface area contributed by atoms with E-state index in [2.05, 4.69) is 92.6 Å². The molecular weight excluding hydrogens is 390 g/mol. The lowest BCUT2D eigenvalue weighted by Gasteiger charge is -2.20. The summed E-state index contributed by atoms with van der Waals surface area (Å²) in [6, 6.07) is 17.0. The molecule has 2 aromatic carbocycles. The first-order chi connectivity index (χ1) is 10.2. The van der Waals surface area contributed by atoms with Crippen LogP contribution >= 0.6 is 31.9 Å². The summed E-state index contributed by atoms with van der Waals surface area (Å²) in [6.07, 6.45) is 2.19. The molecule has 0 heterocycles. The molecule has 0 bridgehead atoms. The van der Waals surface area contributed by atoms with Gasteiger partial charge >= 0.3 is 0 Å². The van der Waals surface area contributed by atoms with Gasteiger partial charge in [-0.15, -0.1) is 0 Å². The highest BCUT2D eigenvalue weighted by Gasteiger charge is 2.16. The monoisotopic (exact) mass is 409 g/mol. The average molecular weight is 411 g/mol. The van der Waals surface area contributed by atoms with Gasteiger partial charge in [-0.3, -0.25) is 0 Å². The lowest BCUT2D eigenvalue weighted by molar-refractivity contribution is 0.574. The van der Waals surface area contributed by atoms with Crippen molar-refractivity contribution in [2.75, 3.05) is 13.1 Å². The fourth-order valence-electron chi connectivity index (χ4n) is 2.48. The molecule has 0 spiro atoms. The smallest absolute Gasteiger partial charge is 0.0210 e. The number of rotatable bonds is 7. The molecule has 0 saturated heterocycles. The minimum atomic E-state index is 0.464. The highest BCUT2D eigenvalue weighted by molar-refractivity contribution is 9.10. The zero-order valence-electron chi connectivity index (χ0n) is 12.3. The molecule has 0 aliphatic rings. The predicted octanol–water partition coefficient (Wildman–Crippen LogP) is 5.54. The van der Waals surface area contributed by atoms with Crippen molar-refractivity contribution in [1.82, 2.24) is 5.32 Å². The van der Waals surface area contributed by atoms with Crippen LogP contribution in [0.4, 0.5) is 0 Å². The normalized spacial score (nSPS) is 12.3. The van der Waals surface area contributed by atoms with Gasteiger partial charge in [0.05, 0.1) is 0 Å². The first kappa shape index (κ1) is 16.7. The van der Waals surface area contributed by atoms with Crippen LogP contribution in [0.25, 0.3) is 0 Å². The van der Waals surface area contributed by atoms with Crippen LogP contribution in [0.3, 0.4) is 0 Å². The van der Waals surface area contributed by atoms with Crippen molar-refractivity contribution < 1.29 is 0 Å². The van der Waals surface area contributed by atoms with Crippen LogP contribution in [0.1, 0.15) is 30.4 Å². The summed E-state index contributed by atoms with van der Waals surface area (Å²) >= 11 is 7.36. The molecule has 1 unspecified atom stereocenters. The van der Waals surface area contributed by atoms with Gasteiger partial charge in [0.25, 0.3) is 0 Å². The SMILES string of the molecule is CCCNCC(Cc1ccccc1Br)c1ccccc1Br. The molecule has 1 atom stereocenters. The number of benzene rings is 2. The third kappa shape index (κ3) is 4.94. The molecule has 0 aliphatic carbocycles. The molecule has 21 heavy (non-hydrogen) atoms. The van der Waals surface area contributed by atoms with E-state index in [1.165, 1.54) is 20.1 Å². The zero-order valence-corrected chi connectivity index (χ0v) is 15.5. The lowest BCUT2D eigenvalue weighted by atomic mass is 9.92. The lowest BCUT2D eigenvalue weighted by Crippen LogP contribution is -2.24. The maximum absolute atomic E-state index is 3.70. The van der Waals surface area contributed by atoms with Crippen LogP contribution in [0.15, 0.2) is 57.5 Å². The van der Waals surface area contributed by atoms with E-state index in [-0.39, 0.29) is 0 Å². The zero-order chi connectivity index (χ0) is 15.1. The summed E-state index contributed by atoms with van der Waals surface area (Å²) in [5, 5.41) is 3.56. The van der Waals surface area contributed by atoms with E-state index in [0.29, 0.717) is 5.92 Å². The van der Waals surface area contributed by atoms with E-state index in [0.717, 1.165) is 25.9 Å². The van der Waals surface area contributed by atoms with Gasteiger partial charge in [0.15, 0.2) is 0 Å². The van der Waals surface area contributed by atoms with Gasteiger partial charge in [-0.05, 0) is 42.6 Å². The molecule has 3 heteroatoms. The van der Waals surface area contributed by atoms with E-state index < -0.39 is 0 Å². The van der Waals surface area contributed by atoms with Crippen molar-refractivity contribution >= 4 is 31.9 Å². The van der Waals surface area contributed by atoms with Crippen LogP contribution < -0.4 is 5.32 Å². The largest absolute Gasteiger partial charge is 0.316 e. The Kier molecular flexibility index (Phi) is 6.94. The van der Waals surface area contributed by atoms with E-state index >= 15 is 0 Å². The number of hydrogen-bond acceptors (Lipinski definition) is 1. The maximum atomic E-state index is 3.70. The summed E-state index contributed by atoms with van der Waals surface area (Å²) in [6.45, 7) is 4.27. The third-order valence-electron chi connectivity index (χ3n) is 3.59. The Morgan fingerprint density at radius 3 is 2.29 bits per heavy atom. The molecule has 0 saturated carbocycles. The molecule has 0 radical (unpaired) electrons. The van der Waals surface area contributed by atoms with E-state index in [1.807, 2.05) is 0 Å². The van der Waals surface area contributed by atoms with Crippen LogP contribution in [0, 0.1) is 0 Å². The van der Waals surface area contributed by atoms with Crippen molar-refractivity contribution in [3.8, 4) is 0 Å². The predicted molar refractivity (Wildman–Crippen MR) is 97.9 cm³/mol. The number of nitrogens with one attached hydrogen (secondary N) is 1. The molecule has 0 fully saturated rings. The maximum Gasteiger partial charge on any atom is 0.0210 e. The first-order valence-electron chi connectivity index (χ1n) is 7.41. The van der Waals surface area contributed by atoms with E-state index in [4.69, 9.17) is 0 Å². The van der Waals surface area contributed by atoms with Crippen LogP contribution in [-0.2, 0) is 6.42 Å². The summed E-state index contributed by atoms with van der Waals surface area (Å²) in [5.74, 6) is 0.464. The van der Waals surface area contributed by atoms with Crippen molar-refractivity contribution in [3.05, 3.63) is 68.6 Å². The van der Waals surface area contributed by atoms with Gasteiger partial charge in [-0.2, -0.15) is 0 Å². The highest BCUT2D eigenvalue weighted by Crippen LogP contribution is 2.29. The van der Waals surface area contributed by atoms with Gasteiger partial charge < -0.3 is 5.32 Å². The number of hydrogen-bond donors (Lipinski definition) is 1. The average Bonchev–Trinajstić information content (AvgIpc) is 2.49. The van der Waals surface area contributed by atoms with Crippen LogP contribution in [0.5, 0.6) is 0 Å². The first-order valence-corrected chi connectivity index (χ1v) is 8.99. The van der Waals surface area contributed by atoms with Crippen molar-refractivity contribution in [2.45, 2.75) is 25.7 Å². The minimum absolute atomic E-state index is 0.464. The van der Waals surface area contributed by atoms with Gasteiger partial charge in [-0.1, -0.05) is 75.2 Å². The standard InChI is InChI=1S/C18H21Br2N/c1-2-11-21-13-15(16-8-4-6-10-18(16)20)12-14-7-3-5-9-17(14)19/h3-10,15,21H,2,11-13H2,1H3. The quantitative estimate of drug-likeness (QED) is 0.591. The Morgan fingerprint density at radius 2 is 1.62 bits per heavy atom. The second-order valence-corrected chi connectivity index (χ2v) is 6.93. The molecular formula is C18H21Br2N. The van der Waals surface area contributed by atoms with Gasteiger partial charge in [0.1, 0.15) is 0 Å². The van der Waals surface area contributed by atoms with Crippen molar-refractivity contribution in [2.24, 2.45) is 0 Å². The molecule has 0 amide bonds. The molecule has 0 aromatic heterocycles. The summed E-state index contributed by atoms with van der Waals surface area (Å²) in [4.78, 5) is 0. The Morgan fingerprint density at radius 1 is 0.952 bits per heavy atom. The fraction of sp³-hybridized carbons (Fsp3) is 0.333. The second-order valence-electron chi connectivity index (χ2n) is 5.22.